The molecular formula is C12H17N3O. The highest BCUT2D eigenvalue weighted by Crippen LogP contribution is 2.30. The Hall–Kier alpha value is -1.52. The zero-order chi connectivity index (χ0) is 11.5. The van der Waals surface area contributed by atoms with Gasteiger partial charge < -0.3 is 20.8 Å². The summed E-state index contributed by atoms with van der Waals surface area (Å²) in [6, 6.07) is 5.98. The van der Waals surface area contributed by atoms with Gasteiger partial charge in [-0.3, -0.25) is 0 Å². The minimum absolute atomic E-state index is 0.467. The predicted octanol–water partition coefficient (Wildman–Crippen LogP) is 1.07. The van der Waals surface area contributed by atoms with Crippen molar-refractivity contribution in [2.75, 3.05) is 13.7 Å². The predicted molar refractivity (Wildman–Crippen MR) is 65.4 cm³/mol. The summed E-state index contributed by atoms with van der Waals surface area (Å²) >= 11 is 0. The van der Waals surface area contributed by atoms with Crippen molar-refractivity contribution in [3.63, 3.8) is 0 Å². The van der Waals surface area contributed by atoms with Crippen molar-refractivity contribution < 1.29 is 4.74 Å². The molecule has 0 amide bonds. The summed E-state index contributed by atoms with van der Waals surface area (Å²) in [7, 11) is 1.68. The van der Waals surface area contributed by atoms with Crippen molar-refractivity contribution >= 4 is 10.9 Å². The molecule has 4 nitrogen and oxygen atoms in total. The number of benzene rings is 1. The highest BCUT2D eigenvalue weighted by molar-refractivity contribution is 5.90. The van der Waals surface area contributed by atoms with Gasteiger partial charge in [-0.1, -0.05) is 6.07 Å². The number of nitrogens with two attached hydrogens (primary N) is 2. The summed E-state index contributed by atoms with van der Waals surface area (Å²) in [5, 5.41) is 1.13. The van der Waals surface area contributed by atoms with E-state index in [-0.39, 0.29) is 0 Å². The van der Waals surface area contributed by atoms with Crippen LogP contribution in [0.2, 0.25) is 0 Å². The number of hydrogen-bond acceptors (Lipinski definition) is 3. The summed E-state index contributed by atoms with van der Waals surface area (Å²) in [5.41, 5.74) is 13.6. The maximum atomic E-state index is 5.71. The fraction of sp³-hybridized carbons (Fsp3) is 0.333. The third kappa shape index (κ3) is 1.66. The van der Waals surface area contributed by atoms with Gasteiger partial charge in [0.15, 0.2) is 0 Å². The third-order valence-electron chi connectivity index (χ3n) is 2.78. The zero-order valence-electron chi connectivity index (χ0n) is 9.44. The number of hydrogen-bond donors (Lipinski definition) is 2. The lowest BCUT2D eigenvalue weighted by molar-refractivity contribution is 0.419. The fourth-order valence-electron chi connectivity index (χ4n) is 2.07. The van der Waals surface area contributed by atoms with E-state index in [0.717, 1.165) is 23.1 Å². The van der Waals surface area contributed by atoms with Crippen molar-refractivity contribution in [1.29, 1.82) is 0 Å². The lowest BCUT2D eigenvalue weighted by atomic mass is 10.1. The number of rotatable bonds is 4. The second-order valence-electron chi connectivity index (χ2n) is 3.70. The second-order valence-corrected chi connectivity index (χ2v) is 3.70. The van der Waals surface area contributed by atoms with Crippen molar-refractivity contribution in [1.82, 2.24) is 4.57 Å². The molecule has 4 heteroatoms. The Morgan fingerprint density at radius 1 is 1.31 bits per heavy atom. The molecule has 16 heavy (non-hydrogen) atoms. The molecule has 0 radical (unpaired) electrons. The quantitative estimate of drug-likeness (QED) is 0.808. The van der Waals surface area contributed by atoms with Gasteiger partial charge in [-0.15, -0.1) is 0 Å². The van der Waals surface area contributed by atoms with E-state index in [1.165, 1.54) is 5.56 Å². The van der Waals surface area contributed by atoms with Gasteiger partial charge in [-0.25, -0.2) is 0 Å². The summed E-state index contributed by atoms with van der Waals surface area (Å²) in [4.78, 5) is 0. The number of nitrogens with zero attached hydrogens (tertiary/aromatic N) is 1. The fourth-order valence-corrected chi connectivity index (χ4v) is 2.07. The van der Waals surface area contributed by atoms with Gasteiger partial charge in [-0.2, -0.15) is 0 Å². The topological polar surface area (TPSA) is 66.2 Å². The number of aromatic nitrogens is 1. The van der Waals surface area contributed by atoms with E-state index < -0.39 is 0 Å². The molecule has 0 saturated heterocycles. The van der Waals surface area contributed by atoms with E-state index in [9.17, 15) is 0 Å². The lowest BCUT2D eigenvalue weighted by Gasteiger charge is -2.04. The minimum atomic E-state index is 0.467. The van der Waals surface area contributed by atoms with E-state index in [1.54, 1.807) is 7.11 Å². The van der Waals surface area contributed by atoms with Gasteiger partial charge in [0.1, 0.15) is 5.75 Å². The van der Waals surface area contributed by atoms with Crippen LogP contribution in [0.15, 0.2) is 24.4 Å². The molecule has 86 valence electrons. The maximum Gasteiger partial charge on any atom is 0.128 e. The Kier molecular flexibility index (Phi) is 3.12. The molecule has 0 aliphatic heterocycles. The highest BCUT2D eigenvalue weighted by Gasteiger charge is 2.11. The molecule has 0 aliphatic rings. The number of methoxy groups -OCH3 is 1. The van der Waals surface area contributed by atoms with E-state index in [1.807, 2.05) is 22.8 Å². The molecule has 2 aromatic rings. The Labute approximate surface area is 94.8 Å². The zero-order valence-corrected chi connectivity index (χ0v) is 9.44. The summed E-state index contributed by atoms with van der Waals surface area (Å²) in [6.45, 7) is 1.09. The van der Waals surface area contributed by atoms with E-state index >= 15 is 0 Å². The Morgan fingerprint density at radius 3 is 2.75 bits per heavy atom. The van der Waals surface area contributed by atoms with E-state index in [0.29, 0.717) is 13.2 Å². The van der Waals surface area contributed by atoms with Crippen LogP contribution < -0.4 is 16.2 Å². The Morgan fingerprint density at radius 2 is 2.12 bits per heavy atom. The van der Waals surface area contributed by atoms with Crippen LogP contribution in [-0.2, 0) is 13.1 Å². The van der Waals surface area contributed by atoms with Crippen LogP contribution in [0.25, 0.3) is 10.9 Å². The molecule has 2 rings (SSSR count). The molecule has 0 fully saturated rings. The molecule has 1 aromatic carbocycles. The van der Waals surface area contributed by atoms with E-state index in [2.05, 4.69) is 6.20 Å². The van der Waals surface area contributed by atoms with Gasteiger partial charge in [0.05, 0.1) is 19.3 Å². The van der Waals surface area contributed by atoms with Gasteiger partial charge in [-0.05, 0) is 30.7 Å². The second kappa shape index (κ2) is 4.55. The van der Waals surface area contributed by atoms with Crippen LogP contribution in [0.4, 0.5) is 0 Å². The monoisotopic (exact) mass is 219 g/mol. The summed E-state index contributed by atoms with van der Waals surface area (Å²) in [5.74, 6) is 0.883. The van der Waals surface area contributed by atoms with Gasteiger partial charge in [0, 0.05) is 11.6 Å². The molecular weight excluding hydrogens is 202 g/mol. The van der Waals surface area contributed by atoms with Gasteiger partial charge in [0.2, 0.25) is 0 Å². The lowest BCUT2D eigenvalue weighted by Crippen LogP contribution is -2.05. The normalized spacial score (nSPS) is 10.9. The molecule has 0 unspecified atom stereocenters. The first-order chi connectivity index (χ1) is 7.81. The molecule has 4 N–H and O–H groups in total. The van der Waals surface area contributed by atoms with Crippen LogP contribution in [0, 0.1) is 0 Å². The largest absolute Gasteiger partial charge is 0.496 e. The summed E-state index contributed by atoms with van der Waals surface area (Å²) < 4.78 is 7.39. The molecule has 1 heterocycles. The van der Waals surface area contributed by atoms with Crippen molar-refractivity contribution in [2.45, 2.75) is 13.1 Å². The first-order valence-corrected chi connectivity index (χ1v) is 5.36. The standard InChI is InChI=1S/C12H17N3O/c1-16-11-4-2-3-10-12(11)9(5-6-13)7-15(10)8-14/h2-4,7H,5-6,8,13-14H2,1H3. The first-order valence-electron chi connectivity index (χ1n) is 5.36. The Balaban J connectivity index is 2.69. The van der Waals surface area contributed by atoms with Crippen LogP contribution in [-0.4, -0.2) is 18.2 Å². The molecule has 0 aliphatic carbocycles. The van der Waals surface area contributed by atoms with Crippen LogP contribution in [0.3, 0.4) is 0 Å². The number of fused-ring (bicyclic) bond motifs is 1. The van der Waals surface area contributed by atoms with Crippen LogP contribution in [0.1, 0.15) is 5.56 Å². The van der Waals surface area contributed by atoms with E-state index in [4.69, 9.17) is 16.2 Å². The van der Waals surface area contributed by atoms with Gasteiger partial charge >= 0.3 is 0 Å². The third-order valence-corrected chi connectivity index (χ3v) is 2.78. The van der Waals surface area contributed by atoms with Gasteiger partial charge in [0.25, 0.3) is 0 Å². The van der Waals surface area contributed by atoms with Crippen LogP contribution in [0.5, 0.6) is 5.75 Å². The average molecular weight is 219 g/mol. The summed E-state index contributed by atoms with van der Waals surface area (Å²) in [6.07, 6.45) is 2.89. The molecule has 1 aromatic heterocycles. The smallest absolute Gasteiger partial charge is 0.128 e. The average Bonchev–Trinajstić information content (AvgIpc) is 2.68. The number of ether oxygens (including phenoxy) is 1. The Bertz CT molecular complexity index is 490. The van der Waals surface area contributed by atoms with Crippen molar-refractivity contribution in [3.8, 4) is 5.75 Å². The first kappa shape index (κ1) is 11.0. The minimum Gasteiger partial charge on any atom is -0.496 e. The molecule has 0 saturated carbocycles. The van der Waals surface area contributed by atoms with Crippen LogP contribution >= 0.6 is 0 Å². The highest BCUT2D eigenvalue weighted by atomic mass is 16.5. The van der Waals surface area contributed by atoms with Crippen molar-refractivity contribution in [2.24, 2.45) is 11.5 Å². The van der Waals surface area contributed by atoms with Crippen molar-refractivity contribution in [3.05, 3.63) is 30.0 Å². The molecule has 0 atom stereocenters. The molecule has 0 spiro atoms. The SMILES string of the molecule is COc1cccc2c1c(CCN)cn2CN. The molecule has 0 bridgehead atoms. The maximum absolute atomic E-state index is 5.71.